The normalized spacial score (nSPS) is 10.7. The van der Waals surface area contributed by atoms with Crippen LogP contribution in [-0.2, 0) is 11.2 Å². The van der Waals surface area contributed by atoms with Gasteiger partial charge >= 0.3 is 0 Å². The van der Waals surface area contributed by atoms with Crippen molar-refractivity contribution >= 4 is 33.9 Å². The average molecular weight is 381 g/mol. The smallest absolute Gasteiger partial charge is 0.228 e. The van der Waals surface area contributed by atoms with E-state index in [1.807, 2.05) is 79.7 Å². The van der Waals surface area contributed by atoms with Gasteiger partial charge in [-0.2, -0.15) is 0 Å². The minimum atomic E-state index is -0.0444. The van der Waals surface area contributed by atoms with Gasteiger partial charge in [-0.05, 0) is 67.4 Å². The van der Waals surface area contributed by atoms with Gasteiger partial charge in [0.25, 0.3) is 0 Å². The average Bonchev–Trinajstić information content (AvgIpc) is 2.73. The zero-order chi connectivity index (χ0) is 20.2. The first kappa shape index (κ1) is 18.7. The Kier molecular flexibility index (Phi) is 5.25. The second kappa shape index (κ2) is 8.15. The Labute approximate surface area is 170 Å². The highest BCUT2D eigenvalue weighted by atomic mass is 16.1. The molecular formula is C25H23N3O. The predicted octanol–water partition coefficient (Wildman–Crippen LogP) is 5.78. The zero-order valence-corrected chi connectivity index (χ0v) is 16.6. The summed E-state index contributed by atoms with van der Waals surface area (Å²) in [5.41, 5.74) is 6.75. The first-order valence-electron chi connectivity index (χ1n) is 9.67. The van der Waals surface area contributed by atoms with Crippen LogP contribution < -0.4 is 10.6 Å². The lowest BCUT2D eigenvalue weighted by atomic mass is 9.99. The lowest BCUT2D eigenvalue weighted by Crippen LogP contribution is -2.16. The summed E-state index contributed by atoms with van der Waals surface area (Å²) in [6.45, 7) is 4.02. The van der Waals surface area contributed by atoms with Crippen LogP contribution in [0.15, 0.2) is 78.9 Å². The van der Waals surface area contributed by atoms with Gasteiger partial charge in [-0.1, -0.05) is 36.4 Å². The van der Waals surface area contributed by atoms with Crippen molar-refractivity contribution in [2.45, 2.75) is 20.3 Å². The molecule has 0 unspecified atom stereocenters. The number of fused-ring (bicyclic) bond motifs is 1. The number of aromatic nitrogens is 1. The summed E-state index contributed by atoms with van der Waals surface area (Å²) < 4.78 is 0. The number of nitrogens with zero attached hydrogens (tertiary/aromatic N) is 1. The van der Waals surface area contributed by atoms with Gasteiger partial charge in [0.05, 0.1) is 11.9 Å². The van der Waals surface area contributed by atoms with Crippen LogP contribution in [-0.4, -0.2) is 10.9 Å². The molecule has 0 saturated carbocycles. The molecule has 3 aromatic carbocycles. The molecule has 0 bridgehead atoms. The summed E-state index contributed by atoms with van der Waals surface area (Å²) in [5.74, 6) is -0.0444. The molecule has 1 amide bonds. The third-order valence-electron chi connectivity index (χ3n) is 5.05. The van der Waals surface area contributed by atoms with E-state index in [1.54, 1.807) is 0 Å². The molecule has 29 heavy (non-hydrogen) atoms. The zero-order valence-electron chi connectivity index (χ0n) is 16.6. The Morgan fingerprint density at radius 2 is 1.41 bits per heavy atom. The van der Waals surface area contributed by atoms with Crippen LogP contribution in [0.2, 0.25) is 0 Å². The Bertz CT molecular complexity index is 1150. The third kappa shape index (κ3) is 4.27. The monoisotopic (exact) mass is 381 g/mol. The largest absolute Gasteiger partial charge is 0.356 e. The van der Waals surface area contributed by atoms with Crippen LogP contribution in [0.4, 0.5) is 17.1 Å². The van der Waals surface area contributed by atoms with Gasteiger partial charge in [0.1, 0.15) is 0 Å². The molecule has 0 fully saturated rings. The van der Waals surface area contributed by atoms with E-state index in [0.29, 0.717) is 6.42 Å². The molecule has 4 heteroatoms. The summed E-state index contributed by atoms with van der Waals surface area (Å²) in [4.78, 5) is 17.3. The van der Waals surface area contributed by atoms with Gasteiger partial charge in [-0.25, -0.2) is 0 Å². The Hall–Kier alpha value is -3.66. The summed E-state index contributed by atoms with van der Waals surface area (Å²) in [7, 11) is 0. The quantitative estimate of drug-likeness (QED) is 0.461. The lowest BCUT2D eigenvalue weighted by molar-refractivity contribution is -0.115. The topological polar surface area (TPSA) is 54.0 Å². The highest BCUT2D eigenvalue weighted by molar-refractivity contribution is 5.94. The van der Waals surface area contributed by atoms with Crippen LogP contribution in [0.3, 0.4) is 0 Å². The number of amides is 1. The van der Waals surface area contributed by atoms with Crippen molar-refractivity contribution in [2.24, 2.45) is 0 Å². The highest BCUT2D eigenvalue weighted by Gasteiger charge is 2.13. The molecule has 4 aromatic rings. The molecule has 0 atom stereocenters. The number of nitrogens with one attached hydrogen (secondary N) is 2. The van der Waals surface area contributed by atoms with E-state index in [1.165, 1.54) is 0 Å². The van der Waals surface area contributed by atoms with Crippen LogP contribution in [0, 0.1) is 13.8 Å². The maximum absolute atomic E-state index is 12.6. The second-order valence-corrected chi connectivity index (χ2v) is 7.11. The molecule has 4 rings (SSSR count). The van der Waals surface area contributed by atoms with E-state index in [0.717, 1.165) is 44.8 Å². The van der Waals surface area contributed by atoms with E-state index in [2.05, 4.69) is 28.6 Å². The van der Waals surface area contributed by atoms with Crippen molar-refractivity contribution in [1.29, 1.82) is 0 Å². The summed E-state index contributed by atoms with van der Waals surface area (Å²) in [6.07, 6.45) is 0.305. The minimum absolute atomic E-state index is 0.0444. The number of carbonyl (C=O) groups excluding carboxylic acids is 1. The van der Waals surface area contributed by atoms with Crippen molar-refractivity contribution in [3.05, 3.63) is 95.7 Å². The van der Waals surface area contributed by atoms with Crippen LogP contribution in [0.5, 0.6) is 0 Å². The minimum Gasteiger partial charge on any atom is -0.356 e. The molecule has 0 saturated heterocycles. The molecule has 0 aliphatic heterocycles. The van der Waals surface area contributed by atoms with Gasteiger partial charge < -0.3 is 10.6 Å². The number of anilines is 3. The molecule has 0 radical (unpaired) electrons. The Morgan fingerprint density at radius 3 is 2.17 bits per heavy atom. The van der Waals surface area contributed by atoms with E-state index in [4.69, 9.17) is 0 Å². The highest BCUT2D eigenvalue weighted by Crippen LogP contribution is 2.24. The van der Waals surface area contributed by atoms with Gasteiger partial charge in [-0.15, -0.1) is 0 Å². The summed E-state index contributed by atoms with van der Waals surface area (Å²) in [6, 6.07) is 25.7. The Morgan fingerprint density at radius 1 is 0.793 bits per heavy atom. The molecule has 4 nitrogen and oxygen atoms in total. The predicted molar refractivity (Wildman–Crippen MR) is 120 cm³/mol. The molecule has 1 aromatic heterocycles. The number of hydrogen-bond acceptors (Lipinski definition) is 3. The number of pyridine rings is 1. The number of carbonyl (C=O) groups is 1. The van der Waals surface area contributed by atoms with Crippen LogP contribution >= 0.6 is 0 Å². The number of para-hydroxylation sites is 2. The van der Waals surface area contributed by atoms with Crippen molar-refractivity contribution < 1.29 is 4.79 Å². The molecule has 144 valence electrons. The van der Waals surface area contributed by atoms with E-state index in [-0.39, 0.29) is 5.91 Å². The maximum Gasteiger partial charge on any atom is 0.228 e. The van der Waals surface area contributed by atoms with Gasteiger partial charge in [0.2, 0.25) is 5.91 Å². The van der Waals surface area contributed by atoms with E-state index < -0.39 is 0 Å². The van der Waals surface area contributed by atoms with Crippen molar-refractivity contribution in [1.82, 2.24) is 4.98 Å². The van der Waals surface area contributed by atoms with E-state index in [9.17, 15) is 4.79 Å². The summed E-state index contributed by atoms with van der Waals surface area (Å²) >= 11 is 0. The fourth-order valence-corrected chi connectivity index (χ4v) is 3.52. The number of benzene rings is 3. The SMILES string of the molecule is Cc1nc2ccccc2c(C)c1CC(=O)Nc1ccc(Nc2ccccc2)cc1. The second-order valence-electron chi connectivity index (χ2n) is 7.11. The molecule has 2 N–H and O–H groups in total. The number of hydrogen-bond donors (Lipinski definition) is 2. The maximum atomic E-state index is 12.6. The van der Waals surface area contributed by atoms with Crippen LogP contribution in [0.25, 0.3) is 10.9 Å². The molecule has 1 heterocycles. The van der Waals surface area contributed by atoms with Gasteiger partial charge in [0.15, 0.2) is 0 Å². The molecule has 0 aliphatic carbocycles. The molecule has 0 spiro atoms. The fourth-order valence-electron chi connectivity index (χ4n) is 3.52. The first-order valence-corrected chi connectivity index (χ1v) is 9.67. The van der Waals surface area contributed by atoms with E-state index >= 15 is 0 Å². The third-order valence-corrected chi connectivity index (χ3v) is 5.05. The van der Waals surface area contributed by atoms with Gasteiger partial charge in [-0.3, -0.25) is 9.78 Å². The fraction of sp³-hybridized carbons (Fsp3) is 0.120. The lowest BCUT2D eigenvalue weighted by Gasteiger charge is -2.13. The summed E-state index contributed by atoms with van der Waals surface area (Å²) in [5, 5.41) is 7.42. The van der Waals surface area contributed by atoms with Crippen molar-refractivity contribution in [2.75, 3.05) is 10.6 Å². The van der Waals surface area contributed by atoms with Crippen LogP contribution in [0.1, 0.15) is 16.8 Å². The number of rotatable bonds is 5. The standard InChI is InChI=1S/C25H23N3O/c1-17-22-10-6-7-11-24(22)26-18(2)23(17)16-25(29)28-21-14-12-20(13-15-21)27-19-8-4-3-5-9-19/h3-15,27H,16H2,1-2H3,(H,28,29). The van der Waals surface area contributed by atoms with Crippen molar-refractivity contribution in [3.63, 3.8) is 0 Å². The van der Waals surface area contributed by atoms with Gasteiger partial charge in [0, 0.05) is 28.1 Å². The van der Waals surface area contributed by atoms with Crippen molar-refractivity contribution in [3.8, 4) is 0 Å². The Balaban J connectivity index is 1.45. The molecular weight excluding hydrogens is 358 g/mol. The molecule has 0 aliphatic rings. The first-order chi connectivity index (χ1) is 14.1. The number of aryl methyl sites for hydroxylation is 2.